The van der Waals surface area contributed by atoms with Crippen LogP contribution in [-0.4, -0.2) is 0 Å². The van der Waals surface area contributed by atoms with Gasteiger partial charge in [0.2, 0.25) is 0 Å². The van der Waals surface area contributed by atoms with E-state index < -0.39 is 0 Å². The highest BCUT2D eigenvalue weighted by molar-refractivity contribution is 5.93. The fraction of sp³-hybridized carbons (Fsp3) is 0.0870. The van der Waals surface area contributed by atoms with E-state index in [9.17, 15) is 0 Å². The van der Waals surface area contributed by atoms with E-state index in [0.29, 0.717) is 5.92 Å². The number of hydrogen-bond donors (Lipinski definition) is 0. The van der Waals surface area contributed by atoms with Crippen molar-refractivity contribution in [2.45, 2.75) is 26.2 Å². The van der Waals surface area contributed by atoms with Crippen molar-refractivity contribution in [1.29, 1.82) is 0 Å². The number of rotatable bonds is 10. The van der Waals surface area contributed by atoms with Crippen LogP contribution in [0.5, 0.6) is 0 Å². The molecular weight excluding hydrogens is 581 g/mol. The smallest absolute Gasteiger partial charge is 0.0540 e. The lowest BCUT2D eigenvalue weighted by molar-refractivity contribution is 0.733. The fourth-order valence-electron chi connectivity index (χ4n) is 6.43. The van der Waals surface area contributed by atoms with Gasteiger partial charge in [-0.05, 0) is 89.7 Å². The standard InChI is InChI=1S/C46H40N2/c1-3-35(2)36-27-29-40(30-28-36)47(39-21-11-6-12-22-39)41-31-33-42(34-32-41)48(45-25-15-13-23-43(45)37-17-7-4-8-18-37)46-26-16-14-24-44(46)38-19-9-5-10-20-38/h4-35H,3H2,1-2H3. The van der Waals surface area contributed by atoms with Gasteiger partial charge in [-0.1, -0.05) is 141 Å². The second-order valence-electron chi connectivity index (χ2n) is 12.2. The Kier molecular flexibility index (Phi) is 9.15. The molecule has 0 spiro atoms. The third kappa shape index (κ3) is 6.38. The first-order valence-corrected chi connectivity index (χ1v) is 16.9. The van der Waals surface area contributed by atoms with Gasteiger partial charge in [0.05, 0.1) is 11.4 Å². The molecule has 0 aromatic heterocycles. The highest BCUT2D eigenvalue weighted by Crippen LogP contribution is 2.45. The third-order valence-electron chi connectivity index (χ3n) is 9.17. The maximum atomic E-state index is 2.40. The number of hydrogen-bond acceptors (Lipinski definition) is 2. The van der Waals surface area contributed by atoms with Gasteiger partial charge in [0, 0.05) is 33.9 Å². The molecule has 0 aliphatic heterocycles. The monoisotopic (exact) mass is 620 g/mol. The molecule has 2 heteroatoms. The molecule has 48 heavy (non-hydrogen) atoms. The molecule has 0 bridgehead atoms. The van der Waals surface area contributed by atoms with Gasteiger partial charge >= 0.3 is 0 Å². The molecule has 1 unspecified atom stereocenters. The Labute approximate surface area is 285 Å². The van der Waals surface area contributed by atoms with Gasteiger partial charge in [0.25, 0.3) is 0 Å². The molecule has 0 saturated heterocycles. The van der Waals surface area contributed by atoms with E-state index in [1.54, 1.807) is 0 Å². The highest BCUT2D eigenvalue weighted by Gasteiger charge is 2.21. The highest BCUT2D eigenvalue weighted by atomic mass is 15.2. The van der Waals surface area contributed by atoms with Gasteiger partial charge in [0.1, 0.15) is 0 Å². The summed E-state index contributed by atoms with van der Waals surface area (Å²) in [5.41, 5.74) is 12.8. The number of anilines is 6. The van der Waals surface area contributed by atoms with Crippen LogP contribution >= 0.6 is 0 Å². The van der Waals surface area contributed by atoms with Crippen LogP contribution in [0.15, 0.2) is 188 Å². The number of benzene rings is 7. The van der Waals surface area contributed by atoms with E-state index in [-0.39, 0.29) is 0 Å². The Bertz CT molecular complexity index is 1970. The predicted molar refractivity (Wildman–Crippen MR) is 205 cm³/mol. The van der Waals surface area contributed by atoms with Crippen LogP contribution in [0.3, 0.4) is 0 Å². The van der Waals surface area contributed by atoms with Gasteiger partial charge in [-0.25, -0.2) is 0 Å². The summed E-state index contributed by atoms with van der Waals surface area (Å²) < 4.78 is 0. The van der Waals surface area contributed by atoms with Crippen LogP contribution in [-0.2, 0) is 0 Å². The lowest BCUT2D eigenvalue weighted by Crippen LogP contribution is -2.13. The Hall–Kier alpha value is -5.86. The first-order valence-electron chi connectivity index (χ1n) is 16.9. The first kappa shape index (κ1) is 30.8. The Morgan fingerprint density at radius 1 is 0.375 bits per heavy atom. The predicted octanol–water partition coefficient (Wildman–Crippen LogP) is 13.5. The second-order valence-corrected chi connectivity index (χ2v) is 12.2. The molecular formula is C46H40N2. The Morgan fingerprint density at radius 2 is 0.729 bits per heavy atom. The molecule has 0 aliphatic rings. The van der Waals surface area contributed by atoms with Crippen molar-refractivity contribution in [1.82, 2.24) is 0 Å². The summed E-state index contributed by atoms with van der Waals surface area (Å²) in [7, 11) is 0. The zero-order valence-electron chi connectivity index (χ0n) is 27.6. The van der Waals surface area contributed by atoms with Gasteiger partial charge in [-0.3, -0.25) is 0 Å². The normalized spacial score (nSPS) is 11.5. The van der Waals surface area contributed by atoms with E-state index in [2.05, 4.69) is 212 Å². The summed E-state index contributed by atoms with van der Waals surface area (Å²) in [6.07, 6.45) is 1.13. The molecule has 7 aromatic carbocycles. The van der Waals surface area contributed by atoms with E-state index in [1.807, 2.05) is 0 Å². The molecule has 0 fully saturated rings. The van der Waals surface area contributed by atoms with Crippen molar-refractivity contribution in [2.24, 2.45) is 0 Å². The van der Waals surface area contributed by atoms with Crippen LogP contribution in [0.25, 0.3) is 22.3 Å². The molecule has 7 rings (SSSR count). The average Bonchev–Trinajstić information content (AvgIpc) is 3.17. The summed E-state index contributed by atoms with van der Waals surface area (Å²) in [4.78, 5) is 4.74. The minimum absolute atomic E-state index is 0.534. The topological polar surface area (TPSA) is 6.48 Å². The van der Waals surface area contributed by atoms with Crippen molar-refractivity contribution in [3.05, 3.63) is 194 Å². The van der Waals surface area contributed by atoms with E-state index >= 15 is 0 Å². The van der Waals surface area contributed by atoms with Crippen LogP contribution in [0.4, 0.5) is 34.1 Å². The zero-order valence-corrected chi connectivity index (χ0v) is 27.6. The molecule has 7 aromatic rings. The molecule has 0 saturated carbocycles. The Morgan fingerprint density at radius 3 is 1.19 bits per heavy atom. The summed E-state index contributed by atoms with van der Waals surface area (Å²) in [5, 5.41) is 0. The number of nitrogens with zero attached hydrogens (tertiary/aromatic N) is 2. The van der Waals surface area contributed by atoms with Crippen molar-refractivity contribution in [3.8, 4) is 22.3 Å². The lowest BCUT2D eigenvalue weighted by atomic mass is 9.98. The molecule has 2 nitrogen and oxygen atoms in total. The average molecular weight is 621 g/mol. The fourth-order valence-corrected chi connectivity index (χ4v) is 6.43. The molecule has 0 aliphatic carbocycles. The maximum absolute atomic E-state index is 2.40. The Balaban J connectivity index is 1.37. The van der Waals surface area contributed by atoms with Crippen LogP contribution < -0.4 is 9.80 Å². The van der Waals surface area contributed by atoms with Crippen molar-refractivity contribution >= 4 is 34.1 Å². The van der Waals surface area contributed by atoms with Gasteiger partial charge in [-0.15, -0.1) is 0 Å². The molecule has 0 amide bonds. The minimum Gasteiger partial charge on any atom is -0.311 e. The molecule has 0 radical (unpaired) electrons. The van der Waals surface area contributed by atoms with Crippen molar-refractivity contribution < 1.29 is 0 Å². The number of para-hydroxylation sites is 3. The summed E-state index contributed by atoms with van der Waals surface area (Å²) in [5.74, 6) is 0.534. The third-order valence-corrected chi connectivity index (χ3v) is 9.17. The summed E-state index contributed by atoms with van der Waals surface area (Å²) in [6.45, 7) is 4.54. The molecule has 0 N–H and O–H groups in total. The summed E-state index contributed by atoms with van der Waals surface area (Å²) in [6, 6.07) is 67.4. The van der Waals surface area contributed by atoms with E-state index in [1.165, 1.54) is 27.8 Å². The van der Waals surface area contributed by atoms with E-state index in [4.69, 9.17) is 0 Å². The molecule has 234 valence electrons. The maximum Gasteiger partial charge on any atom is 0.0540 e. The van der Waals surface area contributed by atoms with Crippen LogP contribution in [0.1, 0.15) is 31.7 Å². The van der Waals surface area contributed by atoms with Crippen molar-refractivity contribution in [3.63, 3.8) is 0 Å². The molecule has 1 atom stereocenters. The van der Waals surface area contributed by atoms with Crippen LogP contribution in [0, 0.1) is 0 Å². The van der Waals surface area contributed by atoms with Crippen molar-refractivity contribution in [2.75, 3.05) is 9.80 Å². The SMILES string of the molecule is CCC(C)c1ccc(N(c2ccccc2)c2ccc(N(c3ccccc3-c3ccccc3)c3ccccc3-c3ccccc3)cc2)cc1. The first-order chi connectivity index (χ1) is 23.7. The largest absolute Gasteiger partial charge is 0.311 e. The minimum atomic E-state index is 0.534. The van der Waals surface area contributed by atoms with Gasteiger partial charge in [-0.2, -0.15) is 0 Å². The van der Waals surface area contributed by atoms with Crippen LogP contribution in [0.2, 0.25) is 0 Å². The summed E-state index contributed by atoms with van der Waals surface area (Å²) >= 11 is 0. The quantitative estimate of drug-likeness (QED) is 0.150. The zero-order chi connectivity index (χ0) is 32.7. The van der Waals surface area contributed by atoms with E-state index in [0.717, 1.165) is 40.5 Å². The van der Waals surface area contributed by atoms with Gasteiger partial charge in [0.15, 0.2) is 0 Å². The molecule has 0 heterocycles. The van der Waals surface area contributed by atoms with Gasteiger partial charge < -0.3 is 9.80 Å². The lowest BCUT2D eigenvalue weighted by Gasteiger charge is -2.31. The second kappa shape index (κ2) is 14.3.